The predicted octanol–water partition coefficient (Wildman–Crippen LogP) is 1.98. The standard InChI is InChI=1S/C13H19N3O/c1-10-13(2,8-9-17-10)16-12(14)15-11-6-4-3-5-7-11/h3-7,10H,8-9H2,1-2H3,(H3,14,15,16). The second kappa shape index (κ2) is 4.75. The van der Waals surface area contributed by atoms with Crippen LogP contribution in [0, 0.1) is 0 Å². The van der Waals surface area contributed by atoms with Crippen LogP contribution in [0.3, 0.4) is 0 Å². The molecule has 1 aliphatic rings. The van der Waals surface area contributed by atoms with Gasteiger partial charge in [-0.2, -0.15) is 0 Å². The first-order valence-electron chi connectivity index (χ1n) is 5.89. The van der Waals surface area contributed by atoms with Crippen LogP contribution in [0.15, 0.2) is 35.3 Å². The number of nitrogens with zero attached hydrogens (tertiary/aromatic N) is 1. The van der Waals surface area contributed by atoms with Crippen molar-refractivity contribution in [3.05, 3.63) is 30.3 Å². The number of aliphatic imine (C=N–C) groups is 1. The monoisotopic (exact) mass is 233 g/mol. The van der Waals surface area contributed by atoms with Crippen LogP contribution in [0.1, 0.15) is 20.3 Å². The van der Waals surface area contributed by atoms with E-state index in [2.05, 4.69) is 17.2 Å². The summed E-state index contributed by atoms with van der Waals surface area (Å²) in [7, 11) is 0. The van der Waals surface area contributed by atoms with Crippen molar-refractivity contribution < 1.29 is 4.74 Å². The normalized spacial score (nSPS) is 29.3. The molecule has 1 saturated heterocycles. The number of anilines is 1. The quantitative estimate of drug-likeness (QED) is 0.606. The molecule has 0 spiro atoms. The van der Waals surface area contributed by atoms with Gasteiger partial charge in [0.05, 0.1) is 11.6 Å². The van der Waals surface area contributed by atoms with Gasteiger partial charge < -0.3 is 15.8 Å². The lowest BCUT2D eigenvalue weighted by molar-refractivity contribution is 0.101. The van der Waals surface area contributed by atoms with Gasteiger partial charge in [-0.15, -0.1) is 0 Å². The third kappa shape index (κ3) is 2.77. The van der Waals surface area contributed by atoms with Crippen molar-refractivity contribution in [1.82, 2.24) is 0 Å². The molecule has 0 saturated carbocycles. The lowest BCUT2D eigenvalue weighted by atomic mass is 9.96. The van der Waals surface area contributed by atoms with E-state index in [1.807, 2.05) is 37.3 Å². The molecule has 1 fully saturated rings. The van der Waals surface area contributed by atoms with Gasteiger partial charge in [0.1, 0.15) is 0 Å². The maximum atomic E-state index is 5.92. The van der Waals surface area contributed by atoms with E-state index in [4.69, 9.17) is 10.5 Å². The largest absolute Gasteiger partial charge is 0.376 e. The number of benzene rings is 1. The van der Waals surface area contributed by atoms with Gasteiger partial charge in [0, 0.05) is 12.3 Å². The van der Waals surface area contributed by atoms with Crippen molar-refractivity contribution in [2.45, 2.75) is 31.9 Å². The van der Waals surface area contributed by atoms with Crippen molar-refractivity contribution in [2.24, 2.45) is 10.7 Å². The maximum Gasteiger partial charge on any atom is 0.193 e. The van der Waals surface area contributed by atoms with Gasteiger partial charge in [0.25, 0.3) is 0 Å². The number of hydrogen-bond acceptors (Lipinski definition) is 2. The van der Waals surface area contributed by atoms with E-state index < -0.39 is 0 Å². The minimum atomic E-state index is -0.216. The summed E-state index contributed by atoms with van der Waals surface area (Å²) >= 11 is 0. The van der Waals surface area contributed by atoms with E-state index in [0.29, 0.717) is 5.96 Å². The first kappa shape index (κ1) is 11.9. The Bertz CT molecular complexity index is 404. The Morgan fingerprint density at radius 2 is 2.18 bits per heavy atom. The van der Waals surface area contributed by atoms with Gasteiger partial charge in [-0.3, -0.25) is 0 Å². The summed E-state index contributed by atoms with van der Waals surface area (Å²) in [4.78, 5) is 4.54. The van der Waals surface area contributed by atoms with Crippen LogP contribution in [0.5, 0.6) is 0 Å². The van der Waals surface area contributed by atoms with Gasteiger partial charge in [-0.25, -0.2) is 4.99 Å². The summed E-state index contributed by atoms with van der Waals surface area (Å²) in [6.45, 7) is 4.86. The molecular formula is C13H19N3O. The van der Waals surface area contributed by atoms with E-state index in [1.54, 1.807) is 0 Å². The van der Waals surface area contributed by atoms with Crippen LogP contribution in [-0.2, 0) is 4.74 Å². The van der Waals surface area contributed by atoms with Gasteiger partial charge in [0.15, 0.2) is 5.96 Å². The molecular weight excluding hydrogens is 214 g/mol. The summed E-state index contributed by atoms with van der Waals surface area (Å²) in [5.41, 5.74) is 6.65. The molecule has 0 radical (unpaired) electrons. The van der Waals surface area contributed by atoms with Crippen LogP contribution in [0.2, 0.25) is 0 Å². The highest BCUT2D eigenvalue weighted by Gasteiger charge is 2.37. The third-order valence-electron chi connectivity index (χ3n) is 3.27. The van der Waals surface area contributed by atoms with Crippen LogP contribution in [0.25, 0.3) is 0 Å². The predicted molar refractivity (Wildman–Crippen MR) is 70.1 cm³/mol. The van der Waals surface area contributed by atoms with Crippen LogP contribution >= 0.6 is 0 Å². The van der Waals surface area contributed by atoms with E-state index >= 15 is 0 Å². The van der Waals surface area contributed by atoms with E-state index in [1.165, 1.54) is 0 Å². The van der Waals surface area contributed by atoms with Crippen molar-refractivity contribution in [2.75, 3.05) is 11.9 Å². The summed E-state index contributed by atoms with van der Waals surface area (Å²) in [6.07, 6.45) is 1.02. The number of guanidine groups is 1. The summed E-state index contributed by atoms with van der Waals surface area (Å²) in [5, 5.41) is 3.09. The van der Waals surface area contributed by atoms with Crippen molar-refractivity contribution in [3.8, 4) is 0 Å². The molecule has 92 valence electrons. The zero-order valence-corrected chi connectivity index (χ0v) is 10.3. The number of rotatable bonds is 2. The molecule has 0 bridgehead atoms. The van der Waals surface area contributed by atoms with E-state index in [0.717, 1.165) is 18.7 Å². The molecule has 4 heteroatoms. The van der Waals surface area contributed by atoms with Crippen LogP contribution in [-0.4, -0.2) is 24.2 Å². The molecule has 0 aliphatic carbocycles. The number of nitrogens with one attached hydrogen (secondary N) is 1. The first-order valence-corrected chi connectivity index (χ1v) is 5.89. The Hall–Kier alpha value is -1.55. The van der Waals surface area contributed by atoms with Crippen molar-refractivity contribution >= 4 is 11.6 Å². The molecule has 17 heavy (non-hydrogen) atoms. The number of para-hydroxylation sites is 1. The molecule has 1 heterocycles. The Balaban J connectivity index is 2.07. The molecule has 2 unspecified atom stereocenters. The SMILES string of the molecule is CC1OCCC1(C)N=C(N)Nc1ccccc1. The zero-order valence-electron chi connectivity index (χ0n) is 10.3. The molecule has 1 aromatic carbocycles. The van der Waals surface area contributed by atoms with Gasteiger partial charge in [0.2, 0.25) is 0 Å². The molecule has 2 atom stereocenters. The highest BCUT2D eigenvalue weighted by Crippen LogP contribution is 2.29. The second-order valence-electron chi connectivity index (χ2n) is 4.61. The number of nitrogens with two attached hydrogens (primary N) is 1. The topological polar surface area (TPSA) is 59.6 Å². The molecule has 4 nitrogen and oxygen atoms in total. The van der Waals surface area contributed by atoms with E-state index in [-0.39, 0.29) is 11.6 Å². The summed E-state index contributed by atoms with van der Waals surface area (Å²) < 4.78 is 5.53. The molecule has 0 amide bonds. The second-order valence-corrected chi connectivity index (χ2v) is 4.61. The van der Waals surface area contributed by atoms with Gasteiger partial charge in [-0.05, 0) is 32.4 Å². The molecule has 3 N–H and O–H groups in total. The van der Waals surface area contributed by atoms with E-state index in [9.17, 15) is 0 Å². The highest BCUT2D eigenvalue weighted by molar-refractivity contribution is 5.92. The smallest absolute Gasteiger partial charge is 0.193 e. The molecule has 1 aromatic rings. The number of ether oxygens (including phenoxy) is 1. The van der Waals surface area contributed by atoms with Gasteiger partial charge >= 0.3 is 0 Å². The Kier molecular flexibility index (Phi) is 3.33. The molecule has 0 aromatic heterocycles. The van der Waals surface area contributed by atoms with Crippen molar-refractivity contribution in [3.63, 3.8) is 0 Å². The highest BCUT2D eigenvalue weighted by atomic mass is 16.5. The fourth-order valence-corrected chi connectivity index (χ4v) is 1.94. The Morgan fingerprint density at radius 1 is 1.47 bits per heavy atom. The minimum absolute atomic E-state index is 0.110. The number of hydrogen-bond donors (Lipinski definition) is 2. The summed E-state index contributed by atoms with van der Waals surface area (Å²) in [6, 6.07) is 9.79. The fraction of sp³-hybridized carbons (Fsp3) is 0.462. The average molecular weight is 233 g/mol. The summed E-state index contributed by atoms with van der Waals surface area (Å²) in [5.74, 6) is 0.441. The Labute approximate surface area is 102 Å². The third-order valence-corrected chi connectivity index (χ3v) is 3.27. The zero-order chi connectivity index (χ0) is 12.3. The lowest BCUT2D eigenvalue weighted by Gasteiger charge is -2.23. The van der Waals surface area contributed by atoms with Crippen LogP contribution < -0.4 is 11.1 Å². The molecule has 2 rings (SSSR count). The lowest BCUT2D eigenvalue weighted by Crippen LogP contribution is -2.35. The maximum absolute atomic E-state index is 5.92. The average Bonchev–Trinajstić information content (AvgIpc) is 2.60. The fourth-order valence-electron chi connectivity index (χ4n) is 1.94. The minimum Gasteiger partial charge on any atom is -0.376 e. The first-order chi connectivity index (χ1) is 8.10. The molecule has 1 aliphatic heterocycles. The van der Waals surface area contributed by atoms with Crippen molar-refractivity contribution in [1.29, 1.82) is 0 Å². The van der Waals surface area contributed by atoms with Crippen LogP contribution in [0.4, 0.5) is 5.69 Å². The Morgan fingerprint density at radius 3 is 2.76 bits per heavy atom. The van der Waals surface area contributed by atoms with Gasteiger partial charge in [-0.1, -0.05) is 18.2 Å².